The SMILES string of the molecule is CN(C)[C@@H](CNC(=O)/C=C/c1ccsc1)c1cn(C)c2ccccc12. The number of fused-ring (bicyclic) bond motifs is 1. The fourth-order valence-electron chi connectivity index (χ4n) is 3.01. The Kier molecular flexibility index (Phi) is 5.36. The topological polar surface area (TPSA) is 37.3 Å². The van der Waals surface area contributed by atoms with Crippen LogP contribution in [0.1, 0.15) is 17.2 Å². The number of benzene rings is 1. The first kappa shape index (κ1) is 17.5. The summed E-state index contributed by atoms with van der Waals surface area (Å²) in [6.45, 7) is 0.563. The van der Waals surface area contributed by atoms with E-state index in [9.17, 15) is 4.79 Å². The number of carbonyl (C=O) groups excluding carboxylic acids is 1. The monoisotopic (exact) mass is 353 g/mol. The molecule has 0 aliphatic heterocycles. The van der Waals surface area contributed by atoms with Crippen molar-refractivity contribution in [2.45, 2.75) is 6.04 Å². The van der Waals surface area contributed by atoms with Crippen molar-refractivity contribution in [3.63, 3.8) is 0 Å². The Balaban J connectivity index is 1.74. The average Bonchev–Trinajstić information content (AvgIpc) is 3.22. The van der Waals surface area contributed by atoms with Crippen LogP contribution in [0.5, 0.6) is 0 Å². The molecule has 0 fully saturated rings. The Hall–Kier alpha value is -2.37. The fourth-order valence-corrected chi connectivity index (χ4v) is 3.64. The number of amides is 1. The van der Waals surface area contributed by atoms with Gasteiger partial charge < -0.3 is 14.8 Å². The molecule has 0 bridgehead atoms. The van der Waals surface area contributed by atoms with Crippen molar-refractivity contribution in [3.8, 4) is 0 Å². The van der Waals surface area contributed by atoms with E-state index in [4.69, 9.17) is 0 Å². The van der Waals surface area contributed by atoms with Gasteiger partial charge in [-0.3, -0.25) is 4.79 Å². The molecule has 1 amide bonds. The lowest BCUT2D eigenvalue weighted by Crippen LogP contribution is -2.33. The van der Waals surface area contributed by atoms with E-state index >= 15 is 0 Å². The van der Waals surface area contributed by atoms with Gasteiger partial charge in [-0.2, -0.15) is 11.3 Å². The highest BCUT2D eigenvalue weighted by atomic mass is 32.1. The second-order valence-electron chi connectivity index (χ2n) is 6.33. The largest absolute Gasteiger partial charge is 0.351 e. The van der Waals surface area contributed by atoms with Crippen LogP contribution in [0.2, 0.25) is 0 Å². The smallest absolute Gasteiger partial charge is 0.244 e. The van der Waals surface area contributed by atoms with Gasteiger partial charge >= 0.3 is 0 Å². The third kappa shape index (κ3) is 4.00. The van der Waals surface area contributed by atoms with Gasteiger partial charge in [0.1, 0.15) is 0 Å². The first-order valence-corrected chi connectivity index (χ1v) is 9.19. The van der Waals surface area contributed by atoms with Crippen molar-refractivity contribution < 1.29 is 4.79 Å². The summed E-state index contributed by atoms with van der Waals surface area (Å²) >= 11 is 1.62. The van der Waals surface area contributed by atoms with Gasteiger partial charge in [-0.25, -0.2) is 0 Å². The third-order valence-corrected chi connectivity index (χ3v) is 5.05. The zero-order valence-electron chi connectivity index (χ0n) is 14.8. The lowest BCUT2D eigenvalue weighted by Gasteiger charge is -2.24. The minimum atomic E-state index is -0.0710. The van der Waals surface area contributed by atoms with E-state index in [1.165, 1.54) is 16.5 Å². The van der Waals surface area contributed by atoms with Crippen molar-refractivity contribution in [2.24, 2.45) is 7.05 Å². The zero-order valence-corrected chi connectivity index (χ0v) is 15.6. The molecule has 2 aromatic heterocycles. The molecule has 0 saturated heterocycles. The van der Waals surface area contributed by atoms with Crippen LogP contribution in [0.3, 0.4) is 0 Å². The van der Waals surface area contributed by atoms with Gasteiger partial charge in [0.05, 0.1) is 6.04 Å². The molecule has 0 unspecified atom stereocenters. The van der Waals surface area contributed by atoms with Crippen LogP contribution in [0.4, 0.5) is 0 Å². The summed E-state index contributed by atoms with van der Waals surface area (Å²) in [4.78, 5) is 14.3. The fraction of sp³-hybridized carbons (Fsp3) is 0.250. The number of likely N-dealkylation sites (N-methyl/N-ethyl adjacent to an activating group) is 1. The standard InChI is InChI=1S/C20H23N3OS/c1-22(2)19(12-21-20(24)9-8-15-10-11-25-14-15)17-13-23(3)18-7-5-4-6-16(17)18/h4-11,13-14,19H,12H2,1-3H3,(H,21,24)/b9-8+/t19-/m0/s1. The Morgan fingerprint density at radius 2 is 2.12 bits per heavy atom. The van der Waals surface area contributed by atoms with Crippen LogP contribution in [0.25, 0.3) is 17.0 Å². The Labute approximate surface area is 152 Å². The van der Waals surface area contributed by atoms with Crippen LogP contribution in [-0.4, -0.2) is 36.0 Å². The molecule has 4 nitrogen and oxygen atoms in total. The third-order valence-electron chi connectivity index (χ3n) is 4.35. The van der Waals surface area contributed by atoms with E-state index in [1.807, 2.05) is 43.1 Å². The highest BCUT2D eigenvalue weighted by Gasteiger charge is 2.19. The molecule has 2 heterocycles. The molecule has 3 rings (SSSR count). The van der Waals surface area contributed by atoms with Gasteiger partial charge in [0.2, 0.25) is 5.91 Å². The summed E-state index contributed by atoms with van der Waals surface area (Å²) in [6.07, 6.45) is 5.59. The Morgan fingerprint density at radius 1 is 1.32 bits per heavy atom. The summed E-state index contributed by atoms with van der Waals surface area (Å²) in [7, 11) is 6.14. The summed E-state index contributed by atoms with van der Waals surface area (Å²) < 4.78 is 2.14. The number of nitrogens with one attached hydrogen (secondary N) is 1. The highest BCUT2D eigenvalue weighted by molar-refractivity contribution is 7.08. The summed E-state index contributed by atoms with van der Waals surface area (Å²) in [5.74, 6) is -0.0710. The van der Waals surface area contributed by atoms with Gasteiger partial charge in [0.15, 0.2) is 0 Å². The maximum atomic E-state index is 12.1. The number of hydrogen-bond donors (Lipinski definition) is 1. The van der Waals surface area contributed by atoms with Gasteiger partial charge in [0.25, 0.3) is 0 Å². The highest BCUT2D eigenvalue weighted by Crippen LogP contribution is 2.28. The van der Waals surface area contributed by atoms with E-state index < -0.39 is 0 Å². The quantitative estimate of drug-likeness (QED) is 0.687. The second kappa shape index (κ2) is 7.68. The van der Waals surface area contributed by atoms with E-state index in [2.05, 4.69) is 46.2 Å². The van der Waals surface area contributed by atoms with Gasteiger partial charge in [-0.15, -0.1) is 0 Å². The number of para-hydroxylation sites is 1. The predicted molar refractivity (Wildman–Crippen MR) is 106 cm³/mol. The first-order chi connectivity index (χ1) is 12.1. The molecule has 130 valence electrons. The summed E-state index contributed by atoms with van der Waals surface area (Å²) in [5, 5.41) is 8.27. The van der Waals surface area contributed by atoms with Crippen molar-refractivity contribution in [1.82, 2.24) is 14.8 Å². The normalized spacial score (nSPS) is 13.0. The minimum Gasteiger partial charge on any atom is -0.351 e. The number of aryl methyl sites for hydroxylation is 1. The summed E-state index contributed by atoms with van der Waals surface area (Å²) in [5.41, 5.74) is 3.48. The number of thiophene rings is 1. The lowest BCUT2D eigenvalue weighted by atomic mass is 10.0. The van der Waals surface area contributed by atoms with Crippen LogP contribution in [-0.2, 0) is 11.8 Å². The molecule has 0 radical (unpaired) electrons. The van der Waals surface area contributed by atoms with Crippen LogP contribution in [0, 0.1) is 0 Å². The number of hydrogen-bond acceptors (Lipinski definition) is 3. The van der Waals surface area contributed by atoms with E-state index in [1.54, 1.807) is 17.4 Å². The molecule has 1 N–H and O–H groups in total. The zero-order chi connectivity index (χ0) is 17.8. The van der Waals surface area contributed by atoms with Crippen LogP contribution in [0.15, 0.2) is 53.4 Å². The molecule has 0 aliphatic carbocycles. The number of aromatic nitrogens is 1. The maximum absolute atomic E-state index is 12.1. The first-order valence-electron chi connectivity index (χ1n) is 8.25. The molecule has 1 atom stereocenters. The Bertz CT molecular complexity index is 878. The molecule has 0 spiro atoms. The predicted octanol–water partition coefficient (Wildman–Crippen LogP) is 3.67. The summed E-state index contributed by atoms with van der Waals surface area (Å²) in [6, 6.07) is 10.5. The molecule has 3 aromatic rings. The van der Waals surface area contributed by atoms with E-state index in [-0.39, 0.29) is 11.9 Å². The van der Waals surface area contributed by atoms with Gasteiger partial charge in [-0.1, -0.05) is 18.2 Å². The van der Waals surface area contributed by atoms with Crippen molar-refractivity contribution in [3.05, 3.63) is 64.5 Å². The van der Waals surface area contributed by atoms with Crippen molar-refractivity contribution >= 4 is 34.2 Å². The van der Waals surface area contributed by atoms with E-state index in [0.717, 1.165) is 5.56 Å². The van der Waals surface area contributed by atoms with Crippen LogP contribution < -0.4 is 5.32 Å². The molecule has 0 saturated carbocycles. The molecule has 25 heavy (non-hydrogen) atoms. The molecule has 5 heteroatoms. The second-order valence-corrected chi connectivity index (χ2v) is 7.11. The van der Waals surface area contributed by atoms with Crippen LogP contribution >= 0.6 is 11.3 Å². The molecule has 0 aliphatic rings. The average molecular weight is 353 g/mol. The van der Waals surface area contributed by atoms with Gasteiger partial charge in [0, 0.05) is 36.8 Å². The number of nitrogens with zero attached hydrogens (tertiary/aromatic N) is 2. The van der Waals surface area contributed by atoms with E-state index in [0.29, 0.717) is 6.54 Å². The molecular formula is C20H23N3OS. The molecule has 1 aromatic carbocycles. The number of carbonyl (C=O) groups is 1. The maximum Gasteiger partial charge on any atom is 0.244 e. The lowest BCUT2D eigenvalue weighted by molar-refractivity contribution is -0.116. The minimum absolute atomic E-state index is 0.0710. The van der Waals surface area contributed by atoms with Crippen molar-refractivity contribution in [1.29, 1.82) is 0 Å². The van der Waals surface area contributed by atoms with Gasteiger partial charge in [-0.05, 0) is 54.2 Å². The number of rotatable bonds is 6. The van der Waals surface area contributed by atoms with Crippen molar-refractivity contribution in [2.75, 3.05) is 20.6 Å². The molecular weight excluding hydrogens is 330 g/mol. The Morgan fingerprint density at radius 3 is 2.84 bits per heavy atom.